The molecule has 0 aromatic carbocycles. The Kier molecular flexibility index (Phi) is 3.73. The molecule has 4 nitrogen and oxygen atoms in total. The molecule has 1 amide bonds. The summed E-state index contributed by atoms with van der Waals surface area (Å²) < 4.78 is 5.72. The zero-order valence-electron chi connectivity index (χ0n) is 11.2. The molecule has 0 spiro atoms. The number of amides is 1. The molecule has 98 valence electrons. The maximum Gasteiger partial charge on any atom is 0.243 e. The maximum atomic E-state index is 12.4. The Bertz CT molecular complexity index is 289. The first-order chi connectivity index (χ1) is 8.07. The SMILES string of the molecule is CCC1(C)NC(C)N(CC2CCCCO2)C1=O. The van der Waals surface area contributed by atoms with Crippen molar-refractivity contribution >= 4 is 5.91 Å². The van der Waals surface area contributed by atoms with Crippen molar-refractivity contribution in [3.05, 3.63) is 0 Å². The van der Waals surface area contributed by atoms with E-state index in [4.69, 9.17) is 4.74 Å². The monoisotopic (exact) mass is 240 g/mol. The van der Waals surface area contributed by atoms with E-state index < -0.39 is 0 Å². The summed E-state index contributed by atoms with van der Waals surface area (Å²) >= 11 is 0. The lowest BCUT2D eigenvalue weighted by Crippen LogP contribution is -2.44. The molecule has 0 aromatic rings. The van der Waals surface area contributed by atoms with Crippen molar-refractivity contribution in [3.63, 3.8) is 0 Å². The molecule has 2 rings (SSSR count). The number of nitrogens with one attached hydrogen (secondary N) is 1. The lowest BCUT2D eigenvalue weighted by atomic mass is 9.99. The Morgan fingerprint density at radius 1 is 1.53 bits per heavy atom. The molecule has 3 unspecified atom stereocenters. The van der Waals surface area contributed by atoms with Crippen LogP contribution in [-0.2, 0) is 9.53 Å². The first-order valence-corrected chi connectivity index (χ1v) is 6.77. The molecule has 3 atom stereocenters. The van der Waals surface area contributed by atoms with Gasteiger partial charge in [0.25, 0.3) is 0 Å². The number of nitrogens with zero attached hydrogens (tertiary/aromatic N) is 1. The van der Waals surface area contributed by atoms with Crippen LogP contribution in [0.4, 0.5) is 0 Å². The van der Waals surface area contributed by atoms with E-state index in [-0.39, 0.29) is 23.7 Å². The summed E-state index contributed by atoms with van der Waals surface area (Å²) in [4.78, 5) is 14.3. The van der Waals surface area contributed by atoms with Crippen LogP contribution in [-0.4, -0.2) is 41.8 Å². The van der Waals surface area contributed by atoms with Gasteiger partial charge in [0, 0.05) is 13.2 Å². The van der Waals surface area contributed by atoms with Gasteiger partial charge in [-0.1, -0.05) is 6.92 Å². The van der Waals surface area contributed by atoms with Crippen molar-refractivity contribution < 1.29 is 9.53 Å². The third kappa shape index (κ3) is 2.47. The molecule has 2 aliphatic heterocycles. The fraction of sp³-hybridized carbons (Fsp3) is 0.923. The topological polar surface area (TPSA) is 41.6 Å². The highest BCUT2D eigenvalue weighted by Crippen LogP contribution is 2.25. The number of carbonyl (C=O) groups is 1. The van der Waals surface area contributed by atoms with Crippen molar-refractivity contribution in [2.24, 2.45) is 0 Å². The quantitative estimate of drug-likeness (QED) is 0.813. The average molecular weight is 240 g/mol. The summed E-state index contributed by atoms with van der Waals surface area (Å²) in [6.07, 6.45) is 4.65. The van der Waals surface area contributed by atoms with E-state index in [0.717, 1.165) is 32.4 Å². The van der Waals surface area contributed by atoms with Gasteiger partial charge < -0.3 is 9.64 Å². The molecule has 0 aromatic heterocycles. The molecule has 0 bridgehead atoms. The molecule has 4 heteroatoms. The van der Waals surface area contributed by atoms with Crippen LogP contribution in [0.5, 0.6) is 0 Å². The van der Waals surface area contributed by atoms with E-state index in [1.807, 2.05) is 11.8 Å². The fourth-order valence-electron chi connectivity index (χ4n) is 2.76. The standard InChI is InChI=1S/C13H24N2O2/c1-4-13(3)12(16)15(10(2)14-13)9-11-7-5-6-8-17-11/h10-11,14H,4-9H2,1-3H3. The second-order valence-corrected chi connectivity index (χ2v) is 5.45. The first-order valence-electron chi connectivity index (χ1n) is 6.77. The predicted octanol–water partition coefficient (Wildman–Crippen LogP) is 1.50. The summed E-state index contributed by atoms with van der Waals surface area (Å²) in [6, 6.07) is 0. The van der Waals surface area contributed by atoms with E-state index in [0.29, 0.717) is 0 Å². The van der Waals surface area contributed by atoms with Gasteiger partial charge in [-0.25, -0.2) is 0 Å². The third-order valence-corrected chi connectivity index (χ3v) is 4.11. The lowest BCUT2D eigenvalue weighted by Gasteiger charge is -2.29. The number of ether oxygens (including phenoxy) is 1. The summed E-state index contributed by atoms with van der Waals surface area (Å²) in [6.45, 7) is 7.69. The molecular formula is C13H24N2O2. The van der Waals surface area contributed by atoms with E-state index in [1.165, 1.54) is 6.42 Å². The van der Waals surface area contributed by atoms with Crippen molar-refractivity contribution in [1.29, 1.82) is 0 Å². The van der Waals surface area contributed by atoms with Crippen LogP contribution in [0.1, 0.15) is 46.5 Å². The van der Waals surface area contributed by atoms with Crippen LogP contribution in [0.15, 0.2) is 0 Å². The van der Waals surface area contributed by atoms with Gasteiger partial charge in [-0.15, -0.1) is 0 Å². The van der Waals surface area contributed by atoms with Crippen molar-refractivity contribution in [2.45, 2.75) is 64.3 Å². The smallest absolute Gasteiger partial charge is 0.243 e. The number of carbonyl (C=O) groups excluding carboxylic acids is 1. The van der Waals surface area contributed by atoms with E-state index >= 15 is 0 Å². The molecule has 2 saturated heterocycles. The maximum absolute atomic E-state index is 12.4. The van der Waals surface area contributed by atoms with Crippen molar-refractivity contribution in [1.82, 2.24) is 10.2 Å². The first kappa shape index (κ1) is 12.8. The molecule has 2 aliphatic rings. The Labute approximate surface area is 104 Å². The highest BCUT2D eigenvalue weighted by atomic mass is 16.5. The molecule has 0 radical (unpaired) electrons. The molecule has 2 heterocycles. The minimum absolute atomic E-state index is 0.123. The van der Waals surface area contributed by atoms with Crippen molar-refractivity contribution in [2.75, 3.05) is 13.2 Å². The van der Waals surface area contributed by atoms with Crippen LogP contribution >= 0.6 is 0 Å². The number of hydrogen-bond donors (Lipinski definition) is 1. The minimum Gasteiger partial charge on any atom is -0.376 e. The summed E-state index contributed by atoms with van der Waals surface area (Å²) in [5.74, 6) is 0.224. The number of rotatable bonds is 3. The second-order valence-electron chi connectivity index (χ2n) is 5.45. The van der Waals surface area contributed by atoms with Gasteiger partial charge in [-0.2, -0.15) is 0 Å². The third-order valence-electron chi connectivity index (χ3n) is 4.11. The Balaban J connectivity index is 1.98. The highest BCUT2D eigenvalue weighted by molar-refractivity contribution is 5.88. The van der Waals surface area contributed by atoms with E-state index in [2.05, 4.69) is 19.2 Å². The normalized spacial score (nSPS) is 38.8. The van der Waals surface area contributed by atoms with Gasteiger partial charge >= 0.3 is 0 Å². The Morgan fingerprint density at radius 2 is 2.29 bits per heavy atom. The second kappa shape index (κ2) is 4.94. The Hall–Kier alpha value is -0.610. The molecule has 17 heavy (non-hydrogen) atoms. The largest absolute Gasteiger partial charge is 0.376 e. The molecule has 0 aliphatic carbocycles. The highest BCUT2D eigenvalue weighted by Gasteiger charge is 2.45. The Morgan fingerprint density at radius 3 is 2.82 bits per heavy atom. The zero-order chi connectivity index (χ0) is 12.5. The predicted molar refractivity (Wildman–Crippen MR) is 66.6 cm³/mol. The molecular weight excluding hydrogens is 216 g/mol. The number of hydrogen-bond acceptors (Lipinski definition) is 3. The van der Waals surface area contributed by atoms with Gasteiger partial charge in [0.2, 0.25) is 5.91 Å². The van der Waals surface area contributed by atoms with E-state index in [1.54, 1.807) is 0 Å². The van der Waals surface area contributed by atoms with Crippen molar-refractivity contribution in [3.8, 4) is 0 Å². The van der Waals surface area contributed by atoms with Gasteiger partial charge in [0.15, 0.2) is 0 Å². The lowest BCUT2D eigenvalue weighted by molar-refractivity contribution is -0.135. The average Bonchev–Trinajstić information content (AvgIpc) is 2.55. The molecule has 0 saturated carbocycles. The van der Waals surface area contributed by atoms with Crippen LogP contribution < -0.4 is 5.32 Å². The van der Waals surface area contributed by atoms with Crippen LogP contribution in [0, 0.1) is 0 Å². The molecule has 1 N–H and O–H groups in total. The zero-order valence-corrected chi connectivity index (χ0v) is 11.2. The van der Waals surface area contributed by atoms with Gasteiger partial charge in [-0.05, 0) is 39.5 Å². The summed E-state index contributed by atoms with van der Waals surface area (Å²) in [5.41, 5.74) is -0.381. The van der Waals surface area contributed by atoms with Gasteiger partial charge in [-0.3, -0.25) is 10.1 Å². The molecule has 2 fully saturated rings. The summed E-state index contributed by atoms with van der Waals surface area (Å²) in [5, 5.41) is 3.39. The van der Waals surface area contributed by atoms with Crippen LogP contribution in [0.3, 0.4) is 0 Å². The van der Waals surface area contributed by atoms with Gasteiger partial charge in [0.05, 0.1) is 17.8 Å². The van der Waals surface area contributed by atoms with Gasteiger partial charge in [0.1, 0.15) is 0 Å². The van der Waals surface area contributed by atoms with E-state index in [9.17, 15) is 4.79 Å². The van der Waals surface area contributed by atoms with Crippen LogP contribution in [0.25, 0.3) is 0 Å². The minimum atomic E-state index is -0.381. The fourth-order valence-corrected chi connectivity index (χ4v) is 2.76. The summed E-state index contributed by atoms with van der Waals surface area (Å²) in [7, 11) is 0. The van der Waals surface area contributed by atoms with Crippen LogP contribution in [0.2, 0.25) is 0 Å².